The lowest BCUT2D eigenvalue weighted by molar-refractivity contribution is -0.137. The zero-order valence-electron chi connectivity index (χ0n) is 12.0. The minimum atomic E-state index is -0.0477. The van der Waals surface area contributed by atoms with E-state index in [2.05, 4.69) is 41.4 Å². The third kappa shape index (κ3) is 2.70. The maximum atomic E-state index is 12.7. The number of likely N-dealkylation sites (tertiary alicyclic amines) is 1. The first-order valence-electron chi connectivity index (χ1n) is 7.26. The van der Waals surface area contributed by atoms with E-state index >= 15 is 0 Å². The van der Waals surface area contributed by atoms with Gasteiger partial charge in [0.1, 0.15) is 0 Å². The molecule has 2 aliphatic heterocycles. The Morgan fingerprint density at radius 2 is 1.90 bits per heavy atom. The van der Waals surface area contributed by atoms with Crippen LogP contribution in [0.5, 0.6) is 0 Å². The number of halogens is 1. The molecule has 1 spiro atoms. The fraction of sp³-hybridized carbons (Fsp3) is 0.562. The van der Waals surface area contributed by atoms with E-state index in [4.69, 9.17) is 0 Å². The molecule has 20 heavy (non-hydrogen) atoms. The number of rotatable bonds is 2. The number of aryl methyl sites for hydroxylation is 1. The van der Waals surface area contributed by atoms with Crippen molar-refractivity contribution >= 4 is 18.3 Å². The summed E-state index contributed by atoms with van der Waals surface area (Å²) in [5.74, 6) is 0.386. The molecule has 0 aromatic heterocycles. The van der Waals surface area contributed by atoms with Crippen LogP contribution in [0.25, 0.3) is 0 Å². The van der Waals surface area contributed by atoms with Crippen LogP contribution in [0.4, 0.5) is 0 Å². The number of nitrogens with one attached hydrogen (secondary N) is 1. The number of carbonyl (C=O) groups excluding carboxylic acids is 1. The van der Waals surface area contributed by atoms with Crippen LogP contribution in [-0.4, -0.2) is 30.4 Å². The molecule has 0 bridgehead atoms. The van der Waals surface area contributed by atoms with Gasteiger partial charge in [0.25, 0.3) is 0 Å². The average molecular weight is 295 g/mol. The molecule has 2 heterocycles. The Morgan fingerprint density at radius 3 is 2.60 bits per heavy atom. The molecule has 4 heteroatoms. The lowest BCUT2D eigenvalue weighted by Gasteiger charge is -2.32. The fourth-order valence-corrected chi connectivity index (χ4v) is 3.41. The van der Waals surface area contributed by atoms with Gasteiger partial charge in [-0.2, -0.15) is 0 Å². The predicted molar refractivity (Wildman–Crippen MR) is 83.0 cm³/mol. The second-order valence-corrected chi connectivity index (χ2v) is 5.93. The molecule has 2 saturated heterocycles. The van der Waals surface area contributed by atoms with Crippen LogP contribution in [0.2, 0.25) is 0 Å². The number of nitrogens with zero attached hydrogens (tertiary/aromatic N) is 1. The van der Waals surface area contributed by atoms with Crippen LogP contribution in [0.1, 0.15) is 30.4 Å². The predicted octanol–water partition coefficient (Wildman–Crippen LogP) is 2.52. The smallest absolute Gasteiger partial charge is 0.229 e. The molecular weight excluding hydrogens is 272 g/mol. The normalized spacial score (nSPS) is 21.1. The van der Waals surface area contributed by atoms with Gasteiger partial charge in [-0.25, -0.2) is 0 Å². The van der Waals surface area contributed by atoms with Crippen molar-refractivity contribution in [1.29, 1.82) is 0 Å². The topological polar surface area (TPSA) is 32.3 Å². The minimum absolute atomic E-state index is 0. The number of hydrogen-bond donors (Lipinski definition) is 1. The van der Waals surface area contributed by atoms with E-state index in [-0.39, 0.29) is 17.8 Å². The highest BCUT2D eigenvalue weighted by Crippen LogP contribution is 2.40. The highest BCUT2D eigenvalue weighted by molar-refractivity contribution is 5.85. The molecule has 0 saturated carbocycles. The molecule has 1 amide bonds. The minimum Gasteiger partial charge on any atom is -0.338 e. The Hall–Kier alpha value is -1.06. The van der Waals surface area contributed by atoms with Crippen LogP contribution >= 0.6 is 12.4 Å². The molecule has 0 aliphatic carbocycles. The van der Waals surface area contributed by atoms with E-state index in [0.717, 1.165) is 45.4 Å². The third-order valence-electron chi connectivity index (χ3n) is 4.78. The highest BCUT2D eigenvalue weighted by Gasteiger charge is 2.46. The number of amides is 1. The summed E-state index contributed by atoms with van der Waals surface area (Å²) in [6, 6.07) is 8.37. The van der Waals surface area contributed by atoms with Crippen molar-refractivity contribution in [2.75, 3.05) is 19.6 Å². The van der Waals surface area contributed by atoms with Crippen molar-refractivity contribution < 1.29 is 4.79 Å². The Labute approximate surface area is 127 Å². The standard InChI is InChI=1S/C16H22N2O.ClH/c1-13-4-2-3-5-14(13)12-18-11-8-16(15(18)19)6-9-17-10-7-16;/h2-5,17H,6-12H2,1H3;1H. The molecular formula is C16H23ClN2O. The van der Waals surface area contributed by atoms with Crippen LogP contribution in [0, 0.1) is 12.3 Å². The van der Waals surface area contributed by atoms with Crippen molar-refractivity contribution in [3.63, 3.8) is 0 Å². The molecule has 0 unspecified atom stereocenters. The second kappa shape index (κ2) is 6.15. The first-order chi connectivity index (χ1) is 9.21. The van der Waals surface area contributed by atoms with Gasteiger partial charge in [0.05, 0.1) is 5.41 Å². The van der Waals surface area contributed by atoms with Crippen LogP contribution in [0.15, 0.2) is 24.3 Å². The molecule has 3 nitrogen and oxygen atoms in total. The fourth-order valence-electron chi connectivity index (χ4n) is 3.41. The Balaban J connectivity index is 0.00000147. The summed E-state index contributed by atoms with van der Waals surface area (Å²) in [4.78, 5) is 14.8. The Morgan fingerprint density at radius 1 is 1.20 bits per heavy atom. The van der Waals surface area contributed by atoms with Gasteiger partial charge in [-0.3, -0.25) is 4.79 Å². The summed E-state index contributed by atoms with van der Waals surface area (Å²) in [6.45, 7) is 5.80. The molecule has 1 aromatic carbocycles. The van der Waals surface area contributed by atoms with E-state index in [1.165, 1.54) is 11.1 Å². The molecule has 1 N–H and O–H groups in total. The summed E-state index contributed by atoms with van der Waals surface area (Å²) in [7, 11) is 0. The van der Waals surface area contributed by atoms with E-state index in [9.17, 15) is 4.79 Å². The highest BCUT2D eigenvalue weighted by atomic mass is 35.5. The summed E-state index contributed by atoms with van der Waals surface area (Å²) in [5.41, 5.74) is 2.51. The monoisotopic (exact) mass is 294 g/mol. The molecule has 2 aliphatic rings. The maximum Gasteiger partial charge on any atom is 0.229 e. The van der Waals surface area contributed by atoms with Gasteiger partial charge in [0, 0.05) is 13.1 Å². The molecule has 0 radical (unpaired) electrons. The van der Waals surface area contributed by atoms with Gasteiger partial charge < -0.3 is 10.2 Å². The first-order valence-corrected chi connectivity index (χ1v) is 7.26. The van der Waals surface area contributed by atoms with Gasteiger partial charge in [0.2, 0.25) is 5.91 Å². The number of benzene rings is 1. The van der Waals surface area contributed by atoms with E-state index < -0.39 is 0 Å². The zero-order chi connectivity index (χ0) is 13.3. The Bertz CT molecular complexity index is 483. The van der Waals surface area contributed by atoms with Crippen LogP contribution in [-0.2, 0) is 11.3 Å². The Kier molecular flexibility index (Phi) is 4.71. The first kappa shape index (κ1) is 15.3. The number of hydrogen-bond acceptors (Lipinski definition) is 2. The third-order valence-corrected chi connectivity index (χ3v) is 4.78. The van der Waals surface area contributed by atoms with Gasteiger partial charge in [0.15, 0.2) is 0 Å². The molecule has 0 atom stereocenters. The average Bonchev–Trinajstić information content (AvgIpc) is 2.72. The van der Waals surface area contributed by atoms with Gasteiger partial charge >= 0.3 is 0 Å². The quantitative estimate of drug-likeness (QED) is 0.909. The summed E-state index contributed by atoms with van der Waals surface area (Å²) >= 11 is 0. The van der Waals surface area contributed by atoms with E-state index in [1.54, 1.807) is 0 Å². The molecule has 3 rings (SSSR count). The van der Waals surface area contributed by atoms with Crippen molar-refractivity contribution in [2.45, 2.75) is 32.7 Å². The molecule has 1 aromatic rings. The van der Waals surface area contributed by atoms with Gasteiger partial charge in [-0.1, -0.05) is 24.3 Å². The SMILES string of the molecule is Cc1ccccc1CN1CCC2(CCNCC2)C1=O.Cl. The van der Waals surface area contributed by atoms with Crippen molar-refractivity contribution in [3.8, 4) is 0 Å². The van der Waals surface area contributed by atoms with E-state index in [1.807, 2.05) is 0 Å². The second-order valence-electron chi connectivity index (χ2n) is 5.93. The van der Waals surface area contributed by atoms with Crippen LogP contribution in [0.3, 0.4) is 0 Å². The van der Waals surface area contributed by atoms with Crippen molar-refractivity contribution in [1.82, 2.24) is 10.2 Å². The lowest BCUT2D eigenvalue weighted by atomic mass is 9.78. The van der Waals surface area contributed by atoms with Crippen molar-refractivity contribution in [2.24, 2.45) is 5.41 Å². The molecule has 110 valence electrons. The number of piperidine rings is 1. The number of carbonyl (C=O) groups is 1. The maximum absolute atomic E-state index is 12.7. The van der Waals surface area contributed by atoms with Gasteiger partial charge in [-0.05, 0) is 50.4 Å². The van der Waals surface area contributed by atoms with E-state index in [0.29, 0.717) is 5.91 Å². The lowest BCUT2D eigenvalue weighted by Crippen LogP contribution is -2.42. The van der Waals surface area contributed by atoms with Crippen LogP contribution < -0.4 is 5.32 Å². The zero-order valence-corrected chi connectivity index (χ0v) is 12.8. The largest absolute Gasteiger partial charge is 0.338 e. The molecule has 2 fully saturated rings. The summed E-state index contributed by atoms with van der Waals surface area (Å²) in [5, 5.41) is 3.36. The van der Waals surface area contributed by atoms with Crippen molar-refractivity contribution in [3.05, 3.63) is 35.4 Å². The summed E-state index contributed by atoms with van der Waals surface area (Å²) < 4.78 is 0. The summed E-state index contributed by atoms with van der Waals surface area (Å²) in [6.07, 6.45) is 3.06. The van der Waals surface area contributed by atoms with Gasteiger partial charge in [-0.15, -0.1) is 12.4 Å².